The minimum atomic E-state index is 1.22. The Morgan fingerprint density at radius 3 is 2.64 bits per heavy atom. The number of hydrogen-bond acceptors (Lipinski definition) is 2. The largest absolute Gasteiger partial charge is 0.254 e. The van der Waals surface area contributed by atoms with Crippen molar-refractivity contribution in [2.24, 2.45) is 0 Å². The van der Waals surface area contributed by atoms with Crippen LogP contribution in [0.1, 0.15) is 19.3 Å². The van der Waals surface area contributed by atoms with Crippen LogP contribution in [0.4, 0.5) is 0 Å². The van der Waals surface area contributed by atoms with E-state index in [0.29, 0.717) is 0 Å². The first-order valence-corrected chi connectivity index (χ1v) is 5.10. The second kappa shape index (κ2) is 3.22. The summed E-state index contributed by atoms with van der Waals surface area (Å²) >= 11 is 1.75. The summed E-state index contributed by atoms with van der Waals surface area (Å²) in [6, 6.07) is 0. The summed E-state index contributed by atoms with van der Waals surface area (Å²) in [6.07, 6.45) is 6.24. The third kappa shape index (κ3) is 1.53. The SMILES string of the molecule is c1c[n+](N2CCCCC2)cs1. The van der Waals surface area contributed by atoms with E-state index in [0.717, 1.165) is 0 Å². The molecule has 0 N–H and O–H groups in total. The van der Waals surface area contributed by atoms with Crippen LogP contribution in [0, 0.1) is 0 Å². The van der Waals surface area contributed by atoms with Gasteiger partial charge in [-0.25, -0.2) is 0 Å². The highest BCUT2D eigenvalue weighted by Crippen LogP contribution is 2.04. The van der Waals surface area contributed by atoms with Crippen LogP contribution in [0.25, 0.3) is 0 Å². The van der Waals surface area contributed by atoms with Gasteiger partial charge in [-0.1, -0.05) is 16.0 Å². The summed E-state index contributed by atoms with van der Waals surface area (Å²) < 4.78 is 2.21. The number of thiazole rings is 1. The van der Waals surface area contributed by atoms with Gasteiger partial charge in [0.15, 0.2) is 0 Å². The Balaban J connectivity index is 2.04. The normalized spacial score (nSPS) is 18.7. The maximum Gasteiger partial charge on any atom is 0.254 e. The molecular formula is C8H13N2S+. The molecular weight excluding hydrogens is 156 g/mol. The number of nitrogens with zero attached hydrogens (tertiary/aromatic N) is 2. The van der Waals surface area contributed by atoms with Gasteiger partial charge in [-0.3, -0.25) is 0 Å². The van der Waals surface area contributed by atoms with Crippen molar-refractivity contribution in [3.8, 4) is 0 Å². The van der Waals surface area contributed by atoms with Gasteiger partial charge < -0.3 is 0 Å². The van der Waals surface area contributed by atoms with Crippen molar-refractivity contribution in [2.75, 3.05) is 18.1 Å². The molecule has 0 unspecified atom stereocenters. The fourth-order valence-corrected chi connectivity index (χ4v) is 2.09. The molecule has 0 aromatic carbocycles. The molecule has 0 atom stereocenters. The molecule has 1 saturated heterocycles. The first kappa shape index (κ1) is 7.10. The fourth-order valence-electron chi connectivity index (χ4n) is 1.50. The molecule has 0 bridgehead atoms. The molecule has 0 saturated carbocycles. The summed E-state index contributed by atoms with van der Waals surface area (Å²) in [5.74, 6) is 0. The Hall–Kier alpha value is -0.570. The molecule has 0 amide bonds. The lowest BCUT2D eigenvalue weighted by atomic mass is 10.2. The first-order valence-electron chi connectivity index (χ1n) is 4.15. The van der Waals surface area contributed by atoms with E-state index in [4.69, 9.17) is 0 Å². The van der Waals surface area contributed by atoms with Crippen molar-refractivity contribution in [3.05, 3.63) is 17.1 Å². The van der Waals surface area contributed by atoms with Crippen LogP contribution in [-0.4, -0.2) is 13.1 Å². The summed E-state index contributed by atoms with van der Waals surface area (Å²) in [5, 5.41) is 4.52. The van der Waals surface area contributed by atoms with E-state index in [9.17, 15) is 0 Å². The Kier molecular flexibility index (Phi) is 2.08. The molecule has 0 radical (unpaired) electrons. The van der Waals surface area contributed by atoms with Crippen molar-refractivity contribution in [1.82, 2.24) is 0 Å². The molecule has 1 aliphatic heterocycles. The van der Waals surface area contributed by atoms with Gasteiger partial charge in [-0.15, -0.1) is 0 Å². The van der Waals surface area contributed by atoms with Gasteiger partial charge in [0.1, 0.15) is 0 Å². The smallest absolute Gasteiger partial charge is 0.180 e. The van der Waals surface area contributed by atoms with Crippen LogP contribution >= 0.6 is 11.3 Å². The predicted octanol–water partition coefficient (Wildman–Crippen LogP) is 1.16. The standard InChI is InChI=1S/C8H13N2S/c1-2-4-9(5-3-1)10-6-7-11-8-10/h6-8H,1-5H2/q+1. The maximum absolute atomic E-state index is 2.40. The first-order chi connectivity index (χ1) is 5.47. The van der Waals surface area contributed by atoms with Crippen molar-refractivity contribution >= 4 is 11.3 Å². The monoisotopic (exact) mass is 169 g/mol. The Morgan fingerprint density at radius 1 is 1.18 bits per heavy atom. The van der Waals surface area contributed by atoms with Crippen molar-refractivity contribution in [3.63, 3.8) is 0 Å². The second-order valence-electron chi connectivity index (χ2n) is 2.92. The number of aromatic nitrogens is 1. The minimum Gasteiger partial charge on any atom is -0.180 e. The van der Waals surface area contributed by atoms with Crippen molar-refractivity contribution in [2.45, 2.75) is 19.3 Å². The predicted molar refractivity (Wildman–Crippen MR) is 46.3 cm³/mol. The summed E-state index contributed by atoms with van der Waals surface area (Å²) in [7, 11) is 0. The highest BCUT2D eigenvalue weighted by atomic mass is 32.1. The molecule has 1 aliphatic rings. The van der Waals surface area contributed by atoms with Crippen molar-refractivity contribution < 1.29 is 4.68 Å². The van der Waals surface area contributed by atoms with E-state index in [1.807, 2.05) is 0 Å². The quantitative estimate of drug-likeness (QED) is 0.572. The Bertz CT molecular complexity index is 202. The van der Waals surface area contributed by atoms with E-state index < -0.39 is 0 Å². The van der Waals surface area contributed by atoms with Crippen LogP contribution in [-0.2, 0) is 0 Å². The molecule has 3 heteroatoms. The van der Waals surface area contributed by atoms with Crippen LogP contribution in [0.3, 0.4) is 0 Å². The van der Waals surface area contributed by atoms with Crippen LogP contribution < -0.4 is 9.69 Å². The van der Waals surface area contributed by atoms with Crippen LogP contribution in [0.2, 0.25) is 0 Å². The Morgan fingerprint density at radius 2 is 2.00 bits per heavy atom. The van der Waals surface area contributed by atoms with E-state index in [2.05, 4.69) is 26.8 Å². The van der Waals surface area contributed by atoms with Gasteiger partial charge in [0.05, 0.1) is 18.5 Å². The maximum atomic E-state index is 2.40. The highest BCUT2D eigenvalue weighted by Gasteiger charge is 2.16. The molecule has 1 fully saturated rings. The third-order valence-electron chi connectivity index (χ3n) is 2.12. The summed E-state index contributed by atoms with van der Waals surface area (Å²) in [5.41, 5.74) is 2.16. The lowest BCUT2D eigenvalue weighted by Crippen LogP contribution is -2.58. The zero-order valence-electron chi connectivity index (χ0n) is 6.57. The van der Waals surface area contributed by atoms with E-state index in [1.165, 1.54) is 32.4 Å². The number of hydrogen-bond donors (Lipinski definition) is 0. The topological polar surface area (TPSA) is 7.12 Å². The van der Waals surface area contributed by atoms with Crippen LogP contribution in [0.15, 0.2) is 17.1 Å². The third-order valence-corrected chi connectivity index (χ3v) is 2.74. The van der Waals surface area contributed by atoms with Gasteiger partial charge in [0.2, 0.25) is 6.20 Å². The van der Waals surface area contributed by atoms with E-state index >= 15 is 0 Å². The zero-order valence-corrected chi connectivity index (χ0v) is 7.39. The van der Waals surface area contributed by atoms with Gasteiger partial charge in [-0.2, -0.15) is 5.01 Å². The fraction of sp³-hybridized carbons (Fsp3) is 0.625. The van der Waals surface area contributed by atoms with E-state index in [-0.39, 0.29) is 0 Å². The molecule has 0 aliphatic carbocycles. The second-order valence-corrected chi connectivity index (χ2v) is 3.68. The molecule has 2 rings (SSSR count). The lowest BCUT2D eigenvalue weighted by molar-refractivity contribution is -0.689. The molecule has 2 nitrogen and oxygen atoms in total. The van der Waals surface area contributed by atoms with Gasteiger partial charge >= 0.3 is 0 Å². The molecule has 1 aromatic rings. The molecule has 0 spiro atoms. The number of rotatable bonds is 1. The molecule has 60 valence electrons. The van der Waals surface area contributed by atoms with Crippen molar-refractivity contribution in [1.29, 1.82) is 0 Å². The number of piperidine rings is 1. The zero-order chi connectivity index (χ0) is 7.52. The lowest BCUT2D eigenvalue weighted by Gasteiger charge is -2.20. The highest BCUT2D eigenvalue weighted by molar-refractivity contribution is 7.07. The van der Waals surface area contributed by atoms with Gasteiger partial charge in [0.25, 0.3) is 5.51 Å². The van der Waals surface area contributed by atoms with Gasteiger partial charge in [0, 0.05) is 0 Å². The van der Waals surface area contributed by atoms with E-state index in [1.54, 1.807) is 11.3 Å². The summed E-state index contributed by atoms with van der Waals surface area (Å²) in [4.78, 5) is 0. The minimum absolute atomic E-state index is 1.22. The Labute approximate surface area is 71.1 Å². The van der Waals surface area contributed by atoms with Crippen LogP contribution in [0.5, 0.6) is 0 Å². The van der Waals surface area contributed by atoms with Gasteiger partial charge in [-0.05, 0) is 19.3 Å². The molecule has 2 heterocycles. The molecule has 1 aromatic heterocycles. The average Bonchev–Trinajstić information content (AvgIpc) is 2.58. The molecule has 11 heavy (non-hydrogen) atoms. The summed E-state index contributed by atoms with van der Waals surface area (Å²) in [6.45, 7) is 2.45. The average molecular weight is 169 g/mol.